The van der Waals surface area contributed by atoms with Gasteiger partial charge in [-0.15, -0.1) is 0 Å². The van der Waals surface area contributed by atoms with Crippen molar-refractivity contribution >= 4 is 6.94 Å². The first-order valence-corrected chi connectivity index (χ1v) is 13.7. The maximum atomic E-state index is 8.25. The van der Waals surface area contributed by atoms with Crippen LogP contribution in [-0.4, -0.2) is 21.2 Å². The molecule has 0 saturated heterocycles. The second kappa shape index (κ2) is 21.9. The summed E-state index contributed by atoms with van der Waals surface area (Å²) < 4.78 is 0. The monoisotopic (exact) mass is 430 g/mol. The zero-order valence-electron chi connectivity index (χ0n) is 11.6. The molecule has 0 aromatic heterocycles. The van der Waals surface area contributed by atoms with Crippen molar-refractivity contribution in [2.45, 2.75) is 13.8 Å². The van der Waals surface area contributed by atoms with Gasteiger partial charge < -0.3 is 10.2 Å². The van der Waals surface area contributed by atoms with Gasteiger partial charge in [0.2, 0.25) is 0 Å². The molecule has 0 unspecified atom stereocenters. The molecular weight excluding hydrogens is 407 g/mol. The van der Waals surface area contributed by atoms with E-state index in [0.717, 1.165) is 14.2 Å². The zero-order valence-corrected chi connectivity index (χ0v) is 16.6. The van der Waals surface area contributed by atoms with Crippen LogP contribution < -0.4 is 10.2 Å². The first-order chi connectivity index (χ1) is 8.80. The number of rotatable bonds is 0. The van der Waals surface area contributed by atoms with Gasteiger partial charge in [-0.25, -0.2) is 24.3 Å². The summed E-state index contributed by atoms with van der Waals surface area (Å²) in [7, 11) is 1.50. The summed E-state index contributed by atoms with van der Waals surface area (Å²) in [6.45, 7) is 6.24. The standard InChI is InChI=1S/C7H9.C5H5.2CH3O.Hf.H2Si/c1-6-4-3-5-7(6)2;1-2-4-5-3-1;2*1-2;;/h3-5H,1-2H3;1-5H;2*1H3;;1H2/q4*-1;+2;. The molecule has 0 fully saturated rings. The van der Waals surface area contributed by atoms with Crippen molar-refractivity contribution in [2.24, 2.45) is 0 Å². The van der Waals surface area contributed by atoms with Gasteiger partial charge in [0, 0.05) is 0 Å². The Labute approximate surface area is 127 Å². The molecule has 0 bridgehead atoms. The molecule has 2 aromatic rings. The van der Waals surface area contributed by atoms with Crippen LogP contribution in [0.2, 0.25) is 0 Å². The second-order valence-corrected chi connectivity index (χ2v) is 2.85. The number of hydrogen-bond donors (Lipinski definition) is 0. The smallest absolute Gasteiger partial charge is 0.172 e. The van der Waals surface area contributed by atoms with E-state index in [-0.39, 0.29) is 0 Å². The molecule has 100 valence electrons. The van der Waals surface area contributed by atoms with Crippen molar-refractivity contribution in [1.82, 2.24) is 0 Å². The maximum Gasteiger partial charge on any atom is -0.172 e. The van der Waals surface area contributed by atoms with Crippen molar-refractivity contribution in [2.75, 3.05) is 14.2 Å². The fraction of sp³-hybridized carbons (Fsp3) is 0.286. The minimum absolute atomic E-state index is 0.750. The molecule has 0 N–H and O–H groups in total. The van der Waals surface area contributed by atoms with Gasteiger partial charge in [-0.3, -0.25) is 0 Å². The van der Waals surface area contributed by atoms with Crippen molar-refractivity contribution < 1.29 is 33.2 Å². The van der Waals surface area contributed by atoms with Gasteiger partial charge in [0.15, 0.2) is 0 Å². The van der Waals surface area contributed by atoms with Crippen molar-refractivity contribution in [3.63, 3.8) is 0 Å². The minimum Gasteiger partial charge on any atom is -0.214 e. The average Bonchev–Trinajstić information content (AvgIpc) is 3.14. The minimum atomic E-state index is 0.750. The Morgan fingerprint density at radius 3 is 1.61 bits per heavy atom. The van der Waals surface area contributed by atoms with Crippen molar-refractivity contribution in [3.8, 4) is 0 Å². The Kier molecular flexibility index (Phi) is 27.8. The van der Waals surface area contributed by atoms with Crippen LogP contribution in [0.15, 0.2) is 48.5 Å². The molecule has 0 heterocycles. The van der Waals surface area contributed by atoms with E-state index in [1.807, 2.05) is 37.3 Å². The zero-order chi connectivity index (χ0) is 14.8. The average molecular weight is 429 g/mol. The molecule has 2 aromatic carbocycles. The molecule has 0 radical (unpaired) electrons. The van der Waals surface area contributed by atoms with E-state index in [0.29, 0.717) is 0 Å². The Balaban J connectivity index is -0.000000181. The summed E-state index contributed by atoms with van der Waals surface area (Å²) in [5, 5.41) is 16.5. The van der Waals surface area contributed by atoms with E-state index in [1.54, 1.807) is 0 Å². The van der Waals surface area contributed by atoms with E-state index in [1.165, 1.54) is 34.1 Å². The van der Waals surface area contributed by atoms with Gasteiger partial charge in [0.1, 0.15) is 0 Å². The third-order valence-electron chi connectivity index (χ3n) is 1.87. The van der Waals surface area contributed by atoms with Crippen LogP contribution >= 0.6 is 0 Å². The predicted molar refractivity (Wildman–Crippen MR) is 73.9 cm³/mol. The van der Waals surface area contributed by atoms with E-state index in [9.17, 15) is 0 Å². The Bertz CT molecular complexity index is 284. The molecule has 0 aliphatic rings. The molecule has 18 heavy (non-hydrogen) atoms. The molecule has 0 atom stereocenters. The Morgan fingerprint density at radius 2 is 1.50 bits per heavy atom. The Hall–Kier alpha value is -0.293. The molecular formula is C14H22HfO2Si-2. The molecule has 0 aliphatic carbocycles. The van der Waals surface area contributed by atoms with Crippen LogP contribution in [-0.2, 0) is 23.0 Å². The van der Waals surface area contributed by atoms with Crippen molar-refractivity contribution in [3.05, 3.63) is 59.7 Å². The van der Waals surface area contributed by atoms with Crippen LogP contribution in [0.4, 0.5) is 0 Å². The Morgan fingerprint density at radius 1 is 1.06 bits per heavy atom. The van der Waals surface area contributed by atoms with E-state index >= 15 is 0 Å². The van der Waals surface area contributed by atoms with Gasteiger partial charge >= 0.3 is 29.9 Å². The predicted octanol–water partition coefficient (Wildman–Crippen LogP) is 0.462. The molecule has 0 aliphatic heterocycles. The summed E-state index contributed by atoms with van der Waals surface area (Å²) in [5.74, 6) is 0. The van der Waals surface area contributed by atoms with E-state index in [2.05, 4.69) is 32.0 Å². The topological polar surface area (TPSA) is 46.1 Å². The largest absolute Gasteiger partial charge is 0.214 e. The molecule has 0 amide bonds. The van der Waals surface area contributed by atoms with Crippen LogP contribution in [0.25, 0.3) is 0 Å². The van der Waals surface area contributed by atoms with Crippen LogP contribution in [0.3, 0.4) is 0 Å². The summed E-state index contributed by atoms with van der Waals surface area (Å²) in [5.41, 5.74) is 2.78. The van der Waals surface area contributed by atoms with E-state index in [4.69, 9.17) is 10.2 Å². The molecule has 4 heteroatoms. The van der Waals surface area contributed by atoms with Crippen LogP contribution in [0.5, 0.6) is 0 Å². The SMILES string of the molecule is C[O-].C[O-].Cc1ccc[c-]1C.[SiH2]=[Hf+2].c1cc[cH-]c1. The van der Waals surface area contributed by atoms with Gasteiger partial charge in [-0.1, -0.05) is 13.8 Å². The van der Waals surface area contributed by atoms with Gasteiger partial charge in [-0.05, 0) is 0 Å². The second-order valence-electron chi connectivity index (χ2n) is 2.85. The molecule has 2 rings (SSSR count). The quantitative estimate of drug-likeness (QED) is 0.452. The van der Waals surface area contributed by atoms with Gasteiger partial charge in [-0.2, -0.15) is 49.6 Å². The van der Waals surface area contributed by atoms with Crippen LogP contribution in [0, 0.1) is 13.8 Å². The molecule has 0 saturated carbocycles. The van der Waals surface area contributed by atoms with E-state index < -0.39 is 0 Å². The first kappa shape index (κ1) is 22.9. The fourth-order valence-corrected chi connectivity index (χ4v) is 0.920. The fourth-order valence-electron chi connectivity index (χ4n) is 0.920. The third-order valence-corrected chi connectivity index (χ3v) is 1.87. The van der Waals surface area contributed by atoms with Crippen LogP contribution in [0.1, 0.15) is 11.1 Å². The number of hydrogen-bond acceptors (Lipinski definition) is 2. The molecule has 2 nitrogen and oxygen atoms in total. The maximum absolute atomic E-state index is 8.25. The summed E-state index contributed by atoms with van der Waals surface area (Å²) >= 11 is 1.33. The summed E-state index contributed by atoms with van der Waals surface area (Å²) in [6, 6.07) is 16.3. The number of aryl methyl sites for hydroxylation is 2. The first-order valence-electron chi connectivity index (χ1n) is 5.33. The van der Waals surface area contributed by atoms with Crippen molar-refractivity contribution in [1.29, 1.82) is 0 Å². The van der Waals surface area contributed by atoms with Gasteiger partial charge in [0.25, 0.3) is 0 Å². The third kappa shape index (κ3) is 15.7. The van der Waals surface area contributed by atoms with Gasteiger partial charge in [0.05, 0.1) is 0 Å². The summed E-state index contributed by atoms with van der Waals surface area (Å²) in [6.07, 6.45) is 0. The normalized spacial score (nSPS) is 6.89. The summed E-state index contributed by atoms with van der Waals surface area (Å²) in [4.78, 5) is 0. The molecule has 0 spiro atoms.